The van der Waals surface area contributed by atoms with Crippen LogP contribution in [-0.4, -0.2) is 58.9 Å². The summed E-state index contributed by atoms with van der Waals surface area (Å²) in [5.74, 6) is -4.25. The predicted molar refractivity (Wildman–Crippen MR) is 138 cm³/mol. The van der Waals surface area contributed by atoms with E-state index >= 15 is 4.39 Å². The third-order valence-corrected chi connectivity index (χ3v) is 8.07. The second kappa shape index (κ2) is 10.6. The zero-order valence-electron chi connectivity index (χ0n) is 20.6. The fourth-order valence-corrected chi connectivity index (χ4v) is 5.65. The number of hydrogen-bond donors (Lipinski definition) is 3. The van der Waals surface area contributed by atoms with Crippen molar-refractivity contribution in [1.29, 1.82) is 5.41 Å². The molecule has 0 radical (unpaired) electrons. The topological polar surface area (TPSA) is 107 Å². The highest BCUT2D eigenvalue weighted by atomic mass is 32.1. The number of piperidine rings is 1. The van der Waals surface area contributed by atoms with E-state index in [4.69, 9.17) is 15.3 Å². The smallest absolute Gasteiger partial charge is 0.335 e. The van der Waals surface area contributed by atoms with Gasteiger partial charge in [-0.2, -0.15) is 0 Å². The maximum Gasteiger partial charge on any atom is 0.335 e. The van der Waals surface area contributed by atoms with Crippen molar-refractivity contribution in [1.82, 2.24) is 4.98 Å². The Labute approximate surface area is 224 Å². The molecule has 0 unspecified atom stereocenters. The molecule has 1 aliphatic carbocycles. The molecule has 12 heteroatoms. The fraction of sp³-hybridized carbons (Fsp3) is 0.370. The Morgan fingerprint density at radius 3 is 2.41 bits per heavy atom. The first-order valence-electron chi connectivity index (χ1n) is 12.4. The highest BCUT2D eigenvalue weighted by Crippen LogP contribution is 2.38. The van der Waals surface area contributed by atoms with Crippen molar-refractivity contribution in [2.24, 2.45) is 5.92 Å². The van der Waals surface area contributed by atoms with Crippen LogP contribution in [0, 0.1) is 28.8 Å². The Morgan fingerprint density at radius 2 is 1.79 bits per heavy atom. The zero-order chi connectivity index (χ0) is 27.9. The summed E-state index contributed by atoms with van der Waals surface area (Å²) >= 11 is 1.13. The first-order valence-corrected chi connectivity index (χ1v) is 13.2. The molecule has 1 aromatic heterocycles. The summed E-state index contributed by atoms with van der Waals surface area (Å²) in [6.07, 6.45) is 1.47. The molecule has 5 rings (SSSR count). The Balaban J connectivity index is 1.24. The molecule has 0 atom stereocenters. The summed E-state index contributed by atoms with van der Waals surface area (Å²) in [5, 5.41) is 28.6. The molecule has 2 fully saturated rings. The number of thiazole rings is 1. The number of carboxylic acids is 1. The third kappa shape index (κ3) is 5.62. The minimum absolute atomic E-state index is 0.0544. The van der Waals surface area contributed by atoms with Gasteiger partial charge in [-0.3, -0.25) is 5.41 Å². The van der Waals surface area contributed by atoms with E-state index < -0.39 is 40.4 Å². The molecular formula is C27H25F4N3O4S. The van der Waals surface area contributed by atoms with Crippen LogP contribution < -0.4 is 4.90 Å². The molecule has 0 spiro atoms. The lowest BCUT2D eigenvalue weighted by molar-refractivity contribution is 0.00815. The SMILES string of the molecule is N=C(/C(COCC1(F)CCN(c2nc3c(F)cc(C(=O)O)cc3s2)CC1)=C(\O)C1CC1)c1c(F)cccc1F. The number of alkyl halides is 1. The van der Waals surface area contributed by atoms with Gasteiger partial charge in [0.2, 0.25) is 0 Å². The largest absolute Gasteiger partial charge is 0.512 e. The molecule has 2 heterocycles. The van der Waals surface area contributed by atoms with Gasteiger partial charge >= 0.3 is 5.97 Å². The average molecular weight is 564 g/mol. The van der Waals surface area contributed by atoms with Crippen molar-refractivity contribution in [2.75, 3.05) is 31.2 Å². The van der Waals surface area contributed by atoms with Crippen LogP contribution in [0.3, 0.4) is 0 Å². The zero-order valence-corrected chi connectivity index (χ0v) is 21.5. The Hall–Kier alpha value is -3.51. The van der Waals surface area contributed by atoms with E-state index in [-0.39, 0.29) is 67.5 Å². The summed E-state index contributed by atoms with van der Waals surface area (Å²) in [6.45, 7) is -0.238. The lowest BCUT2D eigenvalue weighted by Crippen LogP contribution is -2.44. The molecule has 3 aromatic rings. The van der Waals surface area contributed by atoms with Crippen LogP contribution in [0.2, 0.25) is 0 Å². The van der Waals surface area contributed by atoms with Gasteiger partial charge in [-0.1, -0.05) is 17.4 Å². The van der Waals surface area contributed by atoms with Gasteiger partial charge in [0.25, 0.3) is 0 Å². The number of anilines is 1. The maximum atomic E-state index is 15.6. The van der Waals surface area contributed by atoms with E-state index in [1.807, 2.05) is 0 Å². The Morgan fingerprint density at radius 1 is 1.13 bits per heavy atom. The number of aliphatic hydroxyl groups is 1. The Bertz CT molecular complexity index is 1460. The van der Waals surface area contributed by atoms with Crippen LogP contribution in [0.5, 0.6) is 0 Å². The molecule has 3 N–H and O–H groups in total. The predicted octanol–water partition coefficient (Wildman–Crippen LogP) is 6.03. The van der Waals surface area contributed by atoms with Crippen molar-refractivity contribution in [2.45, 2.75) is 31.4 Å². The lowest BCUT2D eigenvalue weighted by atomic mass is 9.94. The van der Waals surface area contributed by atoms with Crippen LogP contribution >= 0.6 is 11.3 Å². The summed E-state index contributed by atoms with van der Waals surface area (Å²) in [6, 6.07) is 5.49. The van der Waals surface area contributed by atoms with Crippen LogP contribution in [0.4, 0.5) is 22.7 Å². The number of fused-ring (bicyclic) bond motifs is 1. The van der Waals surface area contributed by atoms with Gasteiger partial charge < -0.3 is 19.8 Å². The molecule has 1 saturated heterocycles. The number of aromatic carboxylic acids is 1. The molecule has 39 heavy (non-hydrogen) atoms. The maximum absolute atomic E-state index is 15.6. The normalized spacial score (nSPS) is 17.8. The number of aliphatic hydroxyl groups excluding tert-OH is 1. The molecule has 2 aliphatic rings. The first-order chi connectivity index (χ1) is 18.6. The van der Waals surface area contributed by atoms with E-state index in [1.165, 1.54) is 12.1 Å². The number of ether oxygens (including phenoxy) is 1. The number of carbonyl (C=O) groups is 1. The number of hydrogen-bond acceptors (Lipinski definition) is 7. The van der Waals surface area contributed by atoms with Gasteiger partial charge in [0, 0.05) is 37.4 Å². The highest BCUT2D eigenvalue weighted by molar-refractivity contribution is 7.22. The molecule has 0 amide bonds. The van der Waals surface area contributed by atoms with Crippen molar-refractivity contribution >= 4 is 38.4 Å². The standard InChI is InChI=1S/C27H25F4N3O4S/c28-17-2-1-3-18(29)21(17)22(32)16(24(35)14-4-5-14)12-38-13-27(31)6-8-34(9-7-27)26-33-23-19(30)10-15(25(36)37)11-20(23)39-26/h1-3,10-11,14,32,35H,4-9,12-13H2,(H,36,37)/b24-16-,32-22?. The number of nitrogens with zero attached hydrogens (tertiary/aromatic N) is 2. The number of benzene rings is 2. The van der Waals surface area contributed by atoms with Crippen molar-refractivity contribution in [3.05, 3.63) is 70.2 Å². The quantitative estimate of drug-likeness (QED) is 0.167. The van der Waals surface area contributed by atoms with Crippen molar-refractivity contribution in [3.63, 3.8) is 0 Å². The van der Waals surface area contributed by atoms with Gasteiger partial charge in [-0.05, 0) is 37.1 Å². The number of carboxylic acid groups (broad SMARTS) is 1. The minimum atomic E-state index is -1.74. The van der Waals surface area contributed by atoms with E-state index in [9.17, 15) is 23.1 Å². The van der Waals surface area contributed by atoms with Crippen LogP contribution in [-0.2, 0) is 4.74 Å². The number of nitrogens with one attached hydrogen (secondary N) is 1. The number of allylic oxidation sites excluding steroid dienone is 1. The van der Waals surface area contributed by atoms with Crippen molar-refractivity contribution in [3.8, 4) is 0 Å². The average Bonchev–Trinajstić information content (AvgIpc) is 3.65. The van der Waals surface area contributed by atoms with Gasteiger partial charge in [0.05, 0.1) is 34.8 Å². The Kier molecular flexibility index (Phi) is 7.34. The van der Waals surface area contributed by atoms with E-state index in [2.05, 4.69) is 4.98 Å². The third-order valence-electron chi connectivity index (χ3n) is 7.01. The van der Waals surface area contributed by atoms with Gasteiger partial charge in [0.15, 0.2) is 10.9 Å². The molecule has 1 aliphatic heterocycles. The van der Waals surface area contributed by atoms with Crippen LogP contribution in [0.1, 0.15) is 41.6 Å². The summed E-state index contributed by atoms with van der Waals surface area (Å²) in [5.41, 5.74) is -3.04. The van der Waals surface area contributed by atoms with Crippen molar-refractivity contribution < 1.29 is 37.3 Å². The summed E-state index contributed by atoms with van der Waals surface area (Å²) < 4.78 is 64.5. The molecule has 0 bridgehead atoms. The van der Waals surface area contributed by atoms with Crippen LogP contribution in [0.15, 0.2) is 41.7 Å². The van der Waals surface area contributed by atoms with E-state index in [0.29, 0.717) is 22.7 Å². The summed E-state index contributed by atoms with van der Waals surface area (Å²) in [4.78, 5) is 17.3. The second-order valence-electron chi connectivity index (χ2n) is 9.85. The first kappa shape index (κ1) is 27.1. The van der Waals surface area contributed by atoms with Gasteiger partial charge in [-0.25, -0.2) is 27.3 Å². The second-order valence-corrected chi connectivity index (χ2v) is 10.9. The van der Waals surface area contributed by atoms with E-state index in [1.54, 1.807) is 4.90 Å². The molecular weight excluding hydrogens is 538 g/mol. The molecule has 7 nitrogen and oxygen atoms in total. The lowest BCUT2D eigenvalue weighted by Gasteiger charge is -2.36. The molecule has 206 valence electrons. The highest BCUT2D eigenvalue weighted by Gasteiger charge is 2.37. The minimum Gasteiger partial charge on any atom is -0.512 e. The van der Waals surface area contributed by atoms with Gasteiger partial charge in [-0.15, -0.1) is 0 Å². The number of aromatic nitrogens is 1. The molecule has 2 aromatic carbocycles. The van der Waals surface area contributed by atoms with Crippen LogP contribution in [0.25, 0.3) is 10.2 Å². The number of halogens is 4. The summed E-state index contributed by atoms with van der Waals surface area (Å²) in [7, 11) is 0. The fourth-order valence-electron chi connectivity index (χ4n) is 4.58. The number of rotatable bonds is 9. The monoisotopic (exact) mass is 563 g/mol. The van der Waals surface area contributed by atoms with E-state index in [0.717, 1.165) is 29.5 Å². The van der Waals surface area contributed by atoms with Gasteiger partial charge in [0.1, 0.15) is 28.6 Å². The molecule has 1 saturated carbocycles.